The molecule has 5 nitrogen and oxygen atoms in total. The Labute approximate surface area is 183 Å². The second-order valence-corrected chi connectivity index (χ2v) is 7.80. The third-order valence-electron chi connectivity index (χ3n) is 4.87. The first-order valence-electron chi connectivity index (χ1n) is 9.81. The van der Waals surface area contributed by atoms with Crippen molar-refractivity contribution in [1.82, 2.24) is 14.8 Å². The Balaban J connectivity index is 1.38. The van der Waals surface area contributed by atoms with Crippen LogP contribution in [0, 0.1) is 5.82 Å². The SMILES string of the molecule is Cn1ncc(/C=C/C(=O)Nc2ccc(CCc3cscn3)cc2)c1-c1ccc(F)cc1. The summed E-state index contributed by atoms with van der Waals surface area (Å²) >= 11 is 1.60. The molecule has 1 N–H and O–H groups in total. The van der Waals surface area contributed by atoms with Gasteiger partial charge in [0, 0.05) is 35.3 Å². The summed E-state index contributed by atoms with van der Waals surface area (Å²) in [5.74, 6) is -0.527. The van der Waals surface area contributed by atoms with E-state index in [1.54, 1.807) is 40.4 Å². The number of hydrogen-bond acceptors (Lipinski definition) is 4. The fraction of sp³-hybridized carbons (Fsp3) is 0.125. The van der Waals surface area contributed by atoms with Crippen LogP contribution in [-0.4, -0.2) is 20.7 Å². The minimum atomic E-state index is -0.295. The number of thiazole rings is 1. The maximum absolute atomic E-state index is 13.2. The molecule has 7 heteroatoms. The molecule has 0 unspecified atom stereocenters. The highest BCUT2D eigenvalue weighted by Crippen LogP contribution is 2.24. The molecule has 0 aliphatic heterocycles. The minimum Gasteiger partial charge on any atom is -0.323 e. The van der Waals surface area contributed by atoms with Crippen LogP contribution < -0.4 is 5.32 Å². The number of rotatable bonds is 7. The summed E-state index contributed by atoms with van der Waals surface area (Å²) in [4.78, 5) is 16.7. The lowest BCUT2D eigenvalue weighted by molar-refractivity contribution is -0.111. The fourth-order valence-corrected chi connectivity index (χ4v) is 3.87. The van der Waals surface area contributed by atoms with E-state index < -0.39 is 0 Å². The molecule has 0 aliphatic rings. The molecule has 0 saturated heterocycles. The number of anilines is 1. The Morgan fingerprint density at radius 3 is 2.61 bits per heavy atom. The number of hydrogen-bond donors (Lipinski definition) is 1. The quantitative estimate of drug-likeness (QED) is 0.413. The van der Waals surface area contributed by atoms with Gasteiger partial charge in [0.2, 0.25) is 5.91 Å². The highest BCUT2D eigenvalue weighted by Gasteiger charge is 2.09. The van der Waals surface area contributed by atoms with Crippen molar-refractivity contribution in [3.8, 4) is 11.3 Å². The van der Waals surface area contributed by atoms with E-state index >= 15 is 0 Å². The largest absolute Gasteiger partial charge is 0.323 e. The van der Waals surface area contributed by atoms with Crippen molar-refractivity contribution in [3.05, 3.63) is 94.3 Å². The van der Waals surface area contributed by atoms with E-state index in [0.29, 0.717) is 0 Å². The van der Waals surface area contributed by atoms with Crippen molar-refractivity contribution >= 4 is 29.0 Å². The summed E-state index contributed by atoms with van der Waals surface area (Å²) in [6.07, 6.45) is 6.67. The summed E-state index contributed by atoms with van der Waals surface area (Å²) in [5.41, 5.74) is 7.29. The van der Waals surface area contributed by atoms with Crippen LogP contribution in [0.15, 0.2) is 71.7 Å². The Morgan fingerprint density at radius 2 is 1.90 bits per heavy atom. The number of benzene rings is 2. The summed E-state index contributed by atoms with van der Waals surface area (Å²) in [7, 11) is 1.81. The molecule has 0 fully saturated rings. The lowest BCUT2D eigenvalue weighted by Crippen LogP contribution is -2.07. The number of carbonyl (C=O) groups is 1. The third-order valence-corrected chi connectivity index (χ3v) is 5.51. The first kappa shape index (κ1) is 20.7. The summed E-state index contributed by atoms with van der Waals surface area (Å²) in [5, 5.41) is 9.19. The molecular weight excluding hydrogens is 411 g/mol. The van der Waals surface area contributed by atoms with Crippen LogP contribution in [0.1, 0.15) is 16.8 Å². The molecule has 156 valence electrons. The predicted molar refractivity (Wildman–Crippen MR) is 122 cm³/mol. The van der Waals surface area contributed by atoms with Crippen LogP contribution in [0.25, 0.3) is 17.3 Å². The topological polar surface area (TPSA) is 59.8 Å². The second kappa shape index (κ2) is 9.49. The van der Waals surface area contributed by atoms with Crippen LogP contribution in [0.4, 0.5) is 10.1 Å². The van der Waals surface area contributed by atoms with Crippen LogP contribution in [-0.2, 0) is 24.7 Å². The molecular formula is C24H21FN4OS. The van der Waals surface area contributed by atoms with Gasteiger partial charge in [0.1, 0.15) is 5.82 Å². The van der Waals surface area contributed by atoms with Gasteiger partial charge < -0.3 is 5.32 Å². The second-order valence-electron chi connectivity index (χ2n) is 7.08. The number of amides is 1. The number of aromatic nitrogens is 3. The summed E-state index contributed by atoms with van der Waals surface area (Å²) in [6, 6.07) is 14.0. The van der Waals surface area contributed by atoms with Crippen molar-refractivity contribution in [2.45, 2.75) is 12.8 Å². The minimum absolute atomic E-state index is 0.232. The average molecular weight is 433 g/mol. The molecule has 0 atom stereocenters. The Bertz CT molecular complexity index is 1180. The lowest BCUT2D eigenvalue weighted by Gasteiger charge is -2.05. The highest BCUT2D eigenvalue weighted by molar-refractivity contribution is 7.07. The zero-order valence-corrected chi connectivity index (χ0v) is 17.8. The Kier molecular flexibility index (Phi) is 6.33. The number of halogens is 1. The first-order chi connectivity index (χ1) is 15.1. The number of nitrogens with one attached hydrogen (secondary N) is 1. The molecule has 2 aromatic heterocycles. The average Bonchev–Trinajstić information content (AvgIpc) is 3.42. The maximum atomic E-state index is 13.2. The lowest BCUT2D eigenvalue weighted by atomic mass is 10.1. The van der Waals surface area contributed by atoms with E-state index in [0.717, 1.165) is 41.0 Å². The maximum Gasteiger partial charge on any atom is 0.248 e. The van der Waals surface area contributed by atoms with E-state index in [1.165, 1.54) is 23.8 Å². The summed E-state index contributed by atoms with van der Waals surface area (Å²) < 4.78 is 14.9. The molecule has 31 heavy (non-hydrogen) atoms. The van der Waals surface area contributed by atoms with E-state index in [1.807, 2.05) is 36.8 Å². The van der Waals surface area contributed by atoms with E-state index in [-0.39, 0.29) is 11.7 Å². The van der Waals surface area contributed by atoms with Gasteiger partial charge in [-0.25, -0.2) is 9.37 Å². The molecule has 2 heterocycles. The van der Waals surface area contributed by atoms with Crippen molar-refractivity contribution < 1.29 is 9.18 Å². The fourth-order valence-electron chi connectivity index (χ4n) is 3.28. The number of aryl methyl sites for hydroxylation is 3. The zero-order chi connectivity index (χ0) is 21.6. The molecule has 4 aromatic rings. The Hall–Kier alpha value is -3.58. The van der Waals surface area contributed by atoms with E-state index in [4.69, 9.17) is 0 Å². The van der Waals surface area contributed by atoms with Crippen molar-refractivity contribution in [3.63, 3.8) is 0 Å². The van der Waals surface area contributed by atoms with Gasteiger partial charge in [0.25, 0.3) is 0 Å². The number of carbonyl (C=O) groups excluding carboxylic acids is 1. The van der Waals surface area contributed by atoms with Crippen molar-refractivity contribution in [2.24, 2.45) is 7.05 Å². The molecule has 0 aliphatic carbocycles. The molecule has 0 radical (unpaired) electrons. The predicted octanol–water partition coefficient (Wildman–Crippen LogP) is 5.12. The summed E-state index contributed by atoms with van der Waals surface area (Å²) in [6.45, 7) is 0. The molecule has 4 rings (SSSR count). The molecule has 1 amide bonds. The van der Waals surface area contributed by atoms with Gasteiger partial charge in [-0.1, -0.05) is 12.1 Å². The van der Waals surface area contributed by atoms with Crippen molar-refractivity contribution in [2.75, 3.05) is 5.32 Å². The van der Waals surface area contributed by atoms with Gasteiger partial charge in [-0.15, -0.1) is 11.3 Å². The third kappa shape index (κ3) is 5.32. The molecule has 0 spiro atoms. The highest BCUT2D eigenvalue weighted by atomic mass is 32.1. The first-order valence-corrected chi connectivity index (χ1v) is 10.8. The monoisotopic (exact) mass is 432 g/mol. The van der Waals surface area contributed by atoms with Gasteiger partial charge >= 0.3 is 0 Å². The van der Waals surface area contributed by atoms with Crippen LogP contribution in [0.5, 0.6) is 0 Å². The van der Waals surface area contributed by atoms with Crippen molar-refractivity contribution in [1.29, 1.82) is 0 Å². The van der Waals surface area contributed by atoms with Gasteiger partial charge in [0.05, 0.1) is 23.1 Å². The molecule has 0 saturated carbocycles. The normalized spacial score (nSPS) is 11.2. The van der Waals surface area contributed by atoms with Crippen LogP contribution in [0.2, 0.25) is 0 Å². The van der Waals surface area contributed by atoms with Gasteiger partial charge in [0.15, 0.2) is 0 Å². The van der Waals surface area contributed by atoms with E-state index in [2.05, 4.69) is 20.8 Å². The number of nitrogens with zero attached hydrogens (tertiary/aromatic N) is 3. The van der Waals surface area contributed by atoms with Crippen LogP contribution in [0.3, 0.4) is 0 Å². The van der Waals surface area contributed by atoms with Crippen LogP contribution >= 0.6 is 11.3 Å². The standard InChI is InChI=1S/C24H21FN4OS/c1-29-24(18-5-8-20(25)9-6-18)19(14-27-29)7-13-23(30)28-21-10-2-17(3-11-21)4-12-22-15-31-16-26-22/h2-3,5-11,13-16H,4,12H2,1H3,(H,28,30)/b13-7+. The molecule has 2 aromatic carbocycles. The van der Waals surface area contributed by atoms with Gasteiger partial charge in [-0.05, 0) is 60.9 Å². The Morgan fingerprint density at radius 1 is 1.13 bits per heavy atom. The van der Waals surface area contributed by atoms with Gasteiger partial charge in [-0.2, -0.15) is 5.10 Å². The smallest absolute Gasteiger partial charge is 0.248 e. The molecule has 0 bridgehead atoms. The van der Waals surface area contributed by atoms with E-state index in [9.17, 15) is 9.18 Å². The van der Waals surface area contributed by atoms with Gasteiger partial charge in [-0.3, -0.25) is 9.48 Å². The zero-order valence-electron chi connectivity index (χ0n) is 17.0.